The maximum absolute atomic E-state index is 12.7. The minimum absolute atomic E-state index is 0.0134. The van der Waals surface area contributed by atoms with Gasteiger partial charge in [-0.2, -0.15) is 0 Å². The summed E-state index contributed by atoms with van der Waals surface area (Å²) in [4.78, 5) is 36.1. The molecule has 0 heterocycles. The molecule has 2 unspecified atom stereocenters. The molecule has 2 atom stereocenters. The average molecular weight is 310 g/mol. The van der Waals surface area contributed by atoms with Gasteiger partial charge >= 0.3 is 5.97 Å². The average Bonchev–Trinajstić information content (AvgIpc) is 2.55. The zero-order valence-electron chi connectivity index (χ0n) is 12.8. The zero-order chi connectivity index (χ0) is 16.8. The molecule has 118 valence electrons. The highest BCUT2D eigenvalue weighted by Gasteiger charge is 2.36. The molecule has 2 aromatic rings. The molecule has 0 radical (unpaired) electrons. The van der Waals surface area contributed by atoms with E-state index in [1.165, 1.54) is 6.92 Å². The normalized spacial score (nSPS) is 13.1. The van der Waals surface area contributed by atoms with E-state index in [2.05, 4.69) is 0 Å². The largest absolute Gasteiger partial charge is 0.481 e. The van der Waals surface area contributed by atoms with Gasteiger partial charge in [0.2, 0.25) is 0 Å². The second kappa shape index (κ2) is 7.49. The molecule has 0 aromatic heterocycles. The van der Waals surface area contributed by atoms with Crippen LogP contribution in [0.4, 0.5) is 0 Å². The molecule has 0 amide bonds. The summed E-state index contributed by atoms with van der Waals surface area (Å²) in [6.45, 7) is 1.40. The van der Waals surface area contributed by atoms with E-state index in [9.17, 15) is 19.5 Å². The molecule has 0 spiro atoms. The van der Waals surface area contributed by atoms with E-state index in [-0.39, 0.29) is 12.2 Å². The summed E-state index contributed by atoms with van der Waals surface area (Å²) < 4.78 is 0. The van der Waals surface area contributed by atoms with Crippen molar-refractivity contribution in [3.05, 3.63) is 71.8 Å². The van der Waals surface area contributed by atoms with Gasteiger partial charge in [0.25, 0.3) is 0 Å². The minimum atomic E-state index is -1.29. The van der Waals surface area contributed by atoms with Gasteiger partial charge in [-0.3, -0.25) is 9.59 Å². The van der Waals surface area contributed by atoms with Crippen molar-refractivity contribution in [3.8, 4) is 0 Å². The van der Waals surface area contributed by atoms with Crippen molar-refractivity contribution in [3.63, 3.8) is 0 Å². The first-order chi connectivity index (χ1) is 11.0. The molecule has 0 fully saturated rings. The van der Waals surface area contributed by atoms with Gasteiger partial charge in [-0.05, 0) is 12.5 Å². The lowest BCUT2D eigenvalue weighted by atomic mass is 9.78. The lowest BCUT2D eigenvalue weighted by Gasteiger charge is -2.22. The van der Waals surface area contributed by atoms with E-state index in [0.29, 0.717) is 11.1 Å². The van der Waals surface area contributed by atoms with E-state index in [1.54, 1.807) is 54.6 Å². The topological polar surface area (TPSA) is 71.4 Å². The number of carboxylic acids is 1. The third kappa shape index (κ3) is 4.13. The predicted octanol–water partition coefficient (Wildman–Crippen LogP) is 3.33. The van der Waals surface area contributed by atoms with E-state index in [0.717, 1.165) is 0 Å². The molecular weight excluding hydrogens is 292 g/mol. The number of ketones is 2. The van der Waals surface area contributed by atoms with Gasteiger partial charge < -0.3 is 9.90 Å². The van der Waals surface area contributed by atoms with Crippen molar-refractivity contribution in [1.82, 2.24) is 0 Å². The van der Waals surface area contributed by atoms with Crippen LogP contribution < -0.4 is 0 Å². The highest BCUT2D eigenvalue weighted by atomic mass is 16.4. The second-order valence-corrected chi connectivity index (χ2v) is 5.47. The Bertz CT molecular complexity index is 692. The standard InChI is InChI=1S/C19H18O4/c1-13(20)12-16(14-8-4-2-5-9-14)17(19(22)23)18(21)15-10-6-3-7-11-15/h2-11,16-17H,12H2,1H3,(H,22,23). The molecule has 2 aromatic carbocycles. The Morgan fingerprint density at radius 1 is 0.913 bits per heavy atom. The molecule has 23 heavy (non-hydrogen) atoms. The van der Waals surface area contributed by atoms with Crippen LogP contribution in [0.5, 0.6) is 0 Å². The van der Waals surface area contributed by atoms with E-state index in [4.69, 9.17) is 0 Å². The molecule has 0 saturated heterocycles. The van der Waals surface area contributed by atoms with Crippen LogP contribution in [0.3, 0.4) is 0 Å². The Kier molecular flexibility index (Phi) is 5.41. The maximum atomic E-state index is 12.7. The summed E-state index contributed by atoms with van der Waals surface area (Å²) in [5, 5.41) is 9.62. The summed E-state index contributed by atoms with van der Waals surface area (Å²) in [7, 11) is 0. The molecule has 0 aliphatic carbocycles. The van der Waals surface area contributed by atoms with Crippen LogP contribution in [0.25, 0.3) is 0 Å². The summed E-state index contributed by atoms with van der Waals surface area (Å²) in [6.07, 6.45) is 0.0134. The lowest BCUT2D eigenvalue weighted by Crippen LogP contribution is -2.31. The first kappa shape index (κ1) is 16.6. The zero-order valence-corrected chi connectivity index (χ0v) is 12.8. The smallest absolute Gasteiger partial charge is 0.315 e. The molecule has 0 saturated carbocycles. The molecule has 1 N–H and O–H groups in total. The van der Waals surface area contributed by atoms with Crippen LogP contribution in [0, 0.1) is 5.92 Å². The molecule has 0 bridgehead atoms. The Hall–Kier alpha value is -2.75. The summed E-state index contributed by atoms with van der Waals surface area (Å²) in [5.41, 5.74) is 1.02. The number of rotatable bonds is 7. The van der Waals surface area contributed by atoms with Gasteiger partial charge in [0.15, 0.2) is 5.78 Å². The van der Waals surface area contributed by atoms with Crippen molar-refractivity contribution >= 4 is 17.5 Å². The fourth-order valence-electron chi connectivity index (χ4n) is 2.69. The Balaban J connectivity index is 2.45. The van der Waals surface area contributed by atoms with Crippen molar-refractivity contribution in [2.45, 2.75) is 19.3 Å². The Labute approximate surface area is 134 Å². The van der Waals surface area contributed by atoms with Crippen molar-refractivity contribution < 1.29 is 19.5 Å². The SMILES string of the molecule is CC(=O)CC(c1ccccc1)C(C(=O)O)C(=O)c1ccccc1. The van der Waals surface area contributed by atoms with Crippen LogP contribution in [-0.2, 0) is 9.59 Å². The van der Waals surface area contributed by atoms with Crippen LogP contribution in [0.15, 0.2) is 60.7 Å². The van der Waals surface area contributed by atoms with Gasteiger partial charge in [0.1, 0.15) is 11.7 Å². The van der Waals surface area contributed by atoms with Crippen LogP contribution >= 0.6 is 0 Å². The number of benzene rings is 2. The molecule has 0 aliphatic heterocycles. The van der Waals surface area contributed by atoms with Crippen molar-refractivity contribution in [2.75, 3.05) is 0 Å². The first-order valence-corrected chi connectivity index (χ1v) is 7.37. The number of hydrogen-bond donors (Lipinski definition) is 1. The van der Waals surface area contributed by atoms with E-state index < -0.39 is 23.6 Å². The van der Waals surface area contributed by atoms with E-state index >= 15 is 0 Å². The van der Waals surface area contributed by atoms with Gasteiger partial charge in [0.05, 0.1) is 0 Å². The molecule has 4 nitrogen and oxygen atoms in total. The monoisotopic (exact) mass is 310 g/mol. The third-order valence-electron chi connectivity index (χ3n) is 3.74. The molecule has 0 aliphatic rings. The van der Waals surface area contributed by atoms with Crippen LogP contribution in [-0.4, -0.2) is 22.6 Å². The van der Waals surface area contributed by atoms with Crippen LogP contribution in [0.1, 0.15) is 35.2 Å². The van der Waals surface area contributed by atoms with Crippen molar-refractivity contribution in [2.24, 2.45) is 5.92 Å². The van der Waals surface area contributed by atoms with Gasteiger partial charge in [-0.15, -0.1) is 0 Å². The summed E-state index contributed by atoms with van der Waals surface area (Å²) >= 11 is 0. The number of aliphatic carboxylic acids is 1. The molecule has 4 heteroatoms. The van der Waals surface area contributed by atoms with E-state index in [1.807, 2.05) is 6.07 Å². The number of carbonyl (C=O) groups is 3. The Morgan fingerprint density at radius 2 is 1.43 bits per heavy atom. The summed E-state index contributed by atoms with van der Waals surface area (Å²) in [5.74, 6) is -3.81. The highest BCUT2D eigenvalue weighted by Crippen LogP contribution is 2.31. The highest BCUT2D eigenvalue weighted by molar-refractivity contribution is 6.09. The quantitative estimate of drug-likeness (QED) is 0.629. The minimum Gasteiger partial charge on any atom is -0.481 e. The number of carbonyl (C=O) groups excluding carboxylic acids is 2. The fraction of sp³-hybridized carbons (Fsp3) is 0.211. The van der Waals surface area contributed by atoms with Gasteiger partial charge in [-0.25, -0.2) is 0 Å². The van der Waals surface area contributed by atoms with Crippen LogP contribution in [0.2, 0.25) is 0 Å². The predicted molar refractivity (Wildman–Crippen MR) is 86.4 cm³/mol. The Morgan fingerprint density at radius 3 is 1.91 bits per heavy atom. The second-order valence-electron chi connectivity index (χ2n) is 5.47. The maximum Gasteiger partial charge on any atom is 0.315 e. The lowest BCUT2D eigenvalue weighted by molar-refractivity contribution is -0.140. The molecular formula is C19H18O4. The number of hydrogen-bond acceptors (Lipinski definition) is 3. The van der Waals surface area contributed by atoms with Gasteiger partial charge in [0, 0.05) is 17.9 Å². The first-order valence-electron chi connectivity index (χ1n) is 7.37. The number of Topliss-reactive ketones (excluding diaryl/α,β-unsaturated/α-hetero) is 2. The fourth-order valence-corrected chi connectivity index (χ4v) is 2.69. The van der Waals surface area contributed by atoms with Gasteiger partial charge in [-0.1, -0.05) is 60.7 Å². The molecule has 2 rings (SSSR count). The summed E-state index contributed by atoms with van der Waals surface area (Å²) in [6, 6.07) is 17.2. The number of carboxylic acid groups (broad SMARTS) is 1. The van der Waals surface area contributed by atoms with Crippen molar-refractivity contribution in [1.29, 1.82) is 0 Å². The third-order valence-corrected chi connectivity index (χ3v) is 3.74.